The van der Waals surface area contributed by atoms with Crippen molar-refractivity contribution in [1.82, 2.24) is 4.90 Å². The van der Waals surface area contributed by atoms with Gasteiger partial charge in [0.1, 0.15) is 6.61 Å². The fourth-order valence-corrected chi connectivity index (χ4v) is 2.95. The first-order valence-electron chi connectivity index (χ1n) is 7.08. The van der Waals surface area contributed by atoms with Gasteiger partial charge in [0.05, 0.1) is 6.04 Å². The van der Waals surface area contributed by atoms with Gasteiger partial charge in [-0.2, -0.15) is 0 Å². The van der Waals surface area contributed by atoms with Crippen LogP contribution >= 0.6 is 0 Å². The van der Waals surface area contributed by atoms with Gasteiger partial charge in [-0.05, 0) is 24.7 Å². The molecule has 0 N–H and O–H groups in total. The molecular weight excluding hydrogens is 230 g/mol. The molecule has 2 rings (SSSR count). The predicted molar refractivity (Wildman–Crippen MR) is 68.0 cm³/mol. The lowest BCUT2D eigenvalue weighted by atomic mass is 9.86. The molecule has 0 bridgehead atoms. The summed E-state index contributed by atoms with van der Waals surface area (Å²) >= 11 is 0. The van der Waals surface area contributed by atoms with Crippen molar-refractivity contribution < 1.29 is 14.3 Å². The summed E-state index contributed by atoms with van der Waals surface area (Å²) in [6, 6.07) is -0.0754. The maximum atomic E-state index is 12.3. The molecule has 1 aliphatic carbocycles. The zero-order valence-corrected chi connectivity index (χ0v) is 11.4. The van der Waals surface area contributed by atoms with Gasteiger partial charge in [0.2, 0.25) is 5.91 Å². The highest BCUT2D eigenvalue weighted by molar-refractivity contribution is 5.93. The number of cyclic esters (lactones) is 1. The van der Waals surface area contributed by atoms with E-state index in [1.165, 1.54) is 24.2 Å². The second kappa shape index (κ2) is 5.72. The average Bonchev–Trinajstić information content (AvgIpc) is 2.72. The molecule has 0 radical (unpaired) electrons. The van der Waals surface area contributed by atoms with Gasteiger partial charge in [-0.3, -0.25) is 4.79 Å². The number of imide groups is 1. The number of hydrogen-bond acceptors (Lipinski definition) is 3. The Labute approximate surface area is 109 Å². The summed E-state index contributed by atoms with van der Waals surface area (Å²) in [6.45, 7) is 4.40. The molecule has 1 heterocycles. The Morgan fingerprint density at radius 1 is 1.33 bits per heavy atom. The first-order chi connectivity index (χ1) is 8.59. The van der Waals surface area contributed by atoms with Crippen LogP contribution in [-0.4, -0.2) is 29.5 Å². The normalized spacial score (nSPS) is 25.6. The Kier molecular flexibility index (Phi) is 4.25. The summed E-state index contributed by atoms with van der Waals surface area (Å²) in [5.74, 6) is 0.683. The Morgan fingerprint density at radius 3 is 2.61 bits per heavy atom. The van der Waals surface area contributed by atoms with Crippen LogP contribution in [0, 0.1) is 11.8 Å². The monoisotopic (exact) mass is 253 g/mol. The molecule has 0 aromatic rings. The van der Waals surface area contributed by atoms with Gasteiger partial charge in [-0.15, -0.1) is 0 Å². The van der Waals surface area contributed by atoms with Crippen molar-refractivity contribution >= 4 is 12.0 Å². The van der Waals surface area contributed by atoms with E-state index in [-0.39, 0.29) is 17.9 Å². The maximum Gasteiger partial charge on any atom is 0.416 e. The van der Waals surface area contributed by atoms with Crippen LogP contribution in [0.4, 0.5) is 4.79 Å². The number of rotatable bonds is 3. The van der Waals surface area contributed by atoms with Crippen LogP contribution in [0.25, 0.3) is 0 Å². The van der Waals surface area contributed by atoms with Crippen molar-refractivity contribution in [1.29, 1.82) is 0 Å². The zero-order valence-electron chi connectivity index (χ0n) is 11.4. The van der Waals surface area contributed by atoms with Gasteiger partial charge >= 0.3 is 6.09 Å². The van der Waals surface area contributed by atoms with E-state index in [9.17, 15) is 9.59 Å². The van der Waals surface area contributed by atoms with E-state index in [2.05, 4.69) is 0 Å². The van der Waals surface area contributed by atoms with E-state index in [1.807, 2.05) is 13.8 Å². The van der Waals surface area contributed by atoms with E-state index in [1.54, 1.807) is 0 Å². The highest BCUT2D eigenvalue weighted by Crippen LogP contribution is 2.28. The van der Waals surface area contributed by atoms with E-state index in [0.717, 1.165) is 12.8 Å². The minimum Gasteiger partial charge on any atom is -0.447 e. The molecular formula is C14H23NO3. The fourth-order valence-electron chi connectivity index (χ4n) is 2.95. The van der Waals surface area contributed by atoms with Crippen LogP contribution in [0.5, 0.6) is 0 Å². The van der Waals surface area contributed by atoms with E-state index < -0.39 is 6.09 Å². The largest absolute Gasteiger partial charge is 0.447 e. The first-order valence-corrected chi connectivity index (χ1v) is 7.08. The SMILES string of the molecule is CC(C)[C@H]1COC(=O)N1C(=O)CC1CCCCC1. The van der Waals surface area contributed by atoms with E-state index in [4.69, 9.17) is 4.74 Å². The highest BCUT2D eigenvalue weighted by atomic mass is 16.6. The number of hydrogen-bond donors (Lipinski definition) is 0. The standard InChI is InChI=1S/C14H23NO3/c1-10(2)12-9-18-14(17)15(12)13(16)8-11-6-4-3-5-7-11/h10-12H,3-9H2,1-2H3/t12-/m1/s1. The number of amides is 2. The molecule has 1 aliphatic heterocycles. The lowest BCUT2D eigenvalue weighted by molar-refractivity contribution is -0.131. The Bertz CT molecular complexity index is 321. The lowest BCUT2D eigenvalue weighted by Gasteiger charge is -2.26. The molecule has 1 saturated carbocycles. The third-order valence-corrected chi connectivity index (χ3v) is 4.13. The van der Waals surface area contributed by atoms with Crippen LogP contribution in [0.3, 0.4) is 0 Å². The van der Waals surface area contributed by atoms with E-state index in [0.29, 0.717) is 18.9 Å². The quantitative estimate of drug-likeness (QED) is 0.777. The van der Waals surface area contributed by atoms with Crippen LogP contribution in [0.2, 0.25) is 0 Å². The summed E-state index contributed by atoms with van der Waals surface area (Å²) in [5.41, 5.74) is 0. The number of ether oxygens (including phenoxy) is 1. The zero-order chi connectivity index (χ0) is 13.1. The summed E-state index contributed by atoms with van der Waals surface area (Å²) < 4.78 is 5.02. The average molecular weight is 253 g/mol. The van der Waals surface area contributed by atoms with Gasteiger partial charge in [-0.25, -0.2) is 9.69 Å². The summed E-state index contributed by atoms with van der Waals surface area (Å²) in [6.07, 6.45) is 6.03. The van der Waals surface area contributed by atoms with Crippen molar-refractivity contribution in [3.05, 3.63) is 0 Å². The second-order valence-electron chi connectivity index (χ2n) is 5.86. The molecule has 102 valence electrons. The highest BCUT2D eigenvalue weighted by Gasteiger charge is 2.39. The topological polar surface area (TPSA) is 46.6 Å². The number of nitrogens with zero attached hydrogens (tertiary/aromatic N) is 1. The van der Waals surface area contributed by atoms with Gasteiger partial charge in [0.25, 0.3) is 0 Å². The van der Waals surface area contributed by atoms with Crippen LogP contribution < -0.4 is 0 Å². The number of carbonyl (C=O) groups is 2. The van der Waals surface area contributed by atoms with Crippen LogP contribution in [-0.2, 0) is 9.53 Å². The van der Waals surface area contributed by atoms with Crippen molar-refractivity contribution in [3.63, 3.8) is 0 Å². The van der Waals surface area contributed by atoms with Crippen molar-refractivity contribution in [2.75, 3.05) is 6.61 Å². The Balaban J connectivity index is 1.95. The molecule has 2 amide bonds. The molecule has 1 atom stereocenters. The minimum absolute atomic E-state index is 0.0388. The molecule has 2 aliphatic rings. The number of carbonyl (C=O) groups excluding carboxylic acids is 2. The molecule has 2 fully saturated rings. The molecule has 1 saturated heterocycles. The molecule has 4 nitrogen and oxygen atoms in total. The summed E-state index contributed by atoms with van der Waals surface area (Å²) in [7, 11) is 0. The van der Waals surface area contributed by atoms with Crippen molar-refractivity contribution in [3.8, 4) is 0 Å². The molecule has 0 spiro atoms. The molecule has 4 heteroatoms. The Morgan fingerprint density at radius 2 is 2.00 bits per heavy atom. The van der Waals surface area contributed by atoms with Gasteiger partial charge in [-0.1, -0.05) is 33.1 Å². The van der Waals surface area contributed by atoms with Gasteiger partial charge in [0.15, 0.2) is 0 Å². The van der Waals surface area contributed by atoms with Gasteiger partial charge in [0, 0.05) is 6.42 Å². The molecule has 18 heavy (non-hydrogen) atoms. The molecule has 0 unspecified atom stereocenters. The summed E-state index contributed by atoms with van der Waals surface area (Å²) in [4.78, 5) is 25.3. The molecule has 0 aromatic carbocycles. The van der Waals surface area contributed by atoms with Crippen LogP contribution in [0.15, 0.2) is 0 Å². The third-order valence-electron chi connectivity index (χ3n) is 4.13. The third kappa shape index (κ3) is 2.85. The molecule has 0 aromatic heterocycles. The predicted octanol–water partition coefficient (Wildman–Crippen LogP) is 2.96. The summed E-state index contributed by atoms with van der Waals surface area (Å²) in [5, 5.41) is 0. The van der Waals surface area contributed by atoms with Gasteiger partial charge < -0.3 is 4.74 Å². The fraction of sp³-hybridized carbons (Fsp3) is 0.857. The van der Waals surface area contributed by atoms with Crippen molar-refractivity contribution in [2.24, 2.45) is 11.8 Å². The minimum atomic E-state index is -0.450. The smallest absolute Gasteiger partial charge is 0.416 e. The second-order valence-corrected chi connectivity index (χ2v) is 5.86. The van der Waals surface area contributed by atoms with E-state index >= 15 is 0 Å². The maximum absolute atomic E-state index is 12.3. The van der Waals surface area contributed by atoms with Crippen LogP contribution in [0.1, 0.15) is 52.4 Å². The van der Waals surface area contributed by atoms with Crippen molar-refractivity contribution in [2.45, 2.75) is 58.4 Å². The lowest BCUT2D eigenvalue weighted by Crippen LogP contribution is -2.42. The first kappa shape index (κ1) is 13.4. The Hall–Kier alpha value is -1.06.